The van der Waals surface area contributed by atoms with Crippen molar-refractivity contribution in [1.82, 2.24) is 0 Å². The van der Waals surface area contributed by atoms with Gasteiger partial charge in [-0.05, 0) is 13.3 Å². The van der Waals surface area contributed by atoms with Crippen LogP contribution in [0, 0.1) is 16.7 Å². The van der Waals surface area contributed by atoms with E-state index in [-0.39, 0.29) is 13.0 Å². The summed E-state index contributed by atoms with van der Waals surface area (Å²) >= 11 is 0. The Hall–Kier alpha value is -3.20. The number of esters is 5. The largest absolute Gasteiger partial charge is 0.465 e. The zero-order valence-corrected chi connectivity index (χ0v) is 19.4. The maximum atomic E-state index is 12.9. The van der Waals surface area contributed by atoms with Gasteiger partial charge in [0.25, 0.3) is 0 Å². The van der Waals surface area contributed by atoms with E-state index in [0.29, 0.717) is 0 Å². The first-order valence-corrected chi connectivity index (χ1v) is 10.3. The molecule has 1 aliphatic rings. The average Bonchev–Trinajstić information content (AvgIpc) is 2.71. The van der Waals surface area contributed by atoms with E-state index >= 15 is 0 Å². The lowest BCUT2D eigenvalue weighted by molar-refractivity contribution is -0.267. The quantitative estimate of drug-likeness (QED) is 0.340. The van der Waals surface area contributed by atoms with E-state index in [1.165, 1.54) is 6.92 Å². The maximum Gasteiger partial charge on any atom is 0.329 e. The fourth-order valence-corrected chi connectivity index (χ4v) is 3.53. The van der Waals surface area contributed by atoms with Crippen molar-refractivity contribution < 1.29 is 52.4 Å². The summed E-state index contributed by atoms with van der Waals surface area (Å²) in [6.07, 6.45) is -7.32. The summed E-state index contributed by atoms with van der Waals surface area (Å²) in [5, 5.41) is 10.0. The molecule has 0 aromatic heterocycles. The number of rotatable bonds is 9. The van der Waals surface area contributed by atoms with Crippen molar-refractivity contribution in [1.29, 1.82) is 5.26 Å². The third-order valence-corrected chi connectivity index (χ3v) is 4.87. The summed E-state index contributed by atoms with van der Waals surface area (Å²) in [4.78, 5) is 59.9. The highest BCUT2D eigenvalue weighted by Crippen LogP contribution is 2.40. The van der Waals surface area contributed by atoms with Crippen LogP contribution in [0.3, 0.4) is 0 Å². The smallest absolute Gasteiger partial charge is 0.329 e. The first-order valence-electron chi connectivity index (χ1n) is 10.3. The predicted octanol–water partition coefficient (Wildman–Crippen LogP) is 0.595. The van der Waals surface area contributed by atoms with Crippen LogP contribution in [0.2, 0.25) is 0 Å². The molecule has 0 radical (unpaired) electrons. The predicted molar refractivity (Wildman–Crippen MR) is 107 cm³/mol. The van der Waals surface area contributed by atoms with Gasteiger partial charge in [0.15, 0.2) is 23.7 Å². The number of carbonyl (C=O) groups excluding carboxylic acids is 5. The van der Waals surface area contributed by atoms with Gasteiger partial charge in [-0.25, -0.2) is 0 Å². The summed E-state index contributed by atoms with van der Waals surface area (Å²) in [5.74, 6) is -4.08. The molecule has 12 heteroatoms. The van der Waals surface area contributed by atoms with E-state index in [0.717, 1.165) is 27.7 Å². The number of carbonyl (C=O) groups is 5. The molecule has 33 heavy (non-hydrogen) atoms. The Bertz CT molecular complexity index is 805. The van der Waals surface area contributed by atoms with Crippen LogP contribution >= 0.6 is 0 Å². The molecular formula is C21H29NO11. The van der Waals surface area contributed by atoms with Gasteiger partial charge in [0.2, 0.25) is 0 Å². The van der Waals surface area contributed by atoms with Gasteiger partial charge in [-0.15, -0.1) is 0 Å². The van der Waals surface area contributed by atoms with E-state index in [9.17, 15) is 29.2 Å². The lowest BCUT2D eigenvalue weighted by Gasteiger charge is -2.48. The van der Waals surface area contributed by atoms with E-state index in [4.69, 9.17) is 28.4 Å². The van der Waals surface area contributed by atoms with E-state index < -0.39 is 72.4 Å². The number of nitriles is 1. The monoisotopic (exact) mass is 471 g/mol. The fraction of sp³-hybridized carbons (Fsp3) is 0.714. The maximum absolute atomic E-state index is 12.9. The van der Waals surface area contributed by atoms with Crippen molar-refractivity contribution in [2.24, 2.45) is 5.41 Å². The van der Waals surface area contributed by atoms with E-state index in [1.807, 2.05) is 6.07 Å². The molecule has 0 spiro atoms. The van der Waals surface area contributed by atoms with Gasteiger partial charge < -0.3 is 28.4 Å². The van der Waals surface area contributed by atoms with Gasteiger partial charge in [-0.2, -0.15) is 5.26 Å². The van der Waals surface area contributed by atoms with Crippen molar-refractivity contribution in [2.75, 3.05) is 13.2 Å². The zero-order chi connectivity index (χ0) is 25.3. The molecular weight excluding hydrogens is 442 g/mol. The van der Waals surface area contributed by atoms with Crippen molar-refractivity contribution in [3.05, 3.63) is 0 Å². The lowest BCUT2D eigenvalue weighted by Crippen LogP contribution is -2.67. The number of nitrogens with zero attached hydrogens (tertiary/aromatic N) is 1. The summed E-state index contributed by atoms with van der Waals surface area (Å²) in [7, 11) is 0. The normalized spacial score (nSPS) is 26.0. The molecule has 0 saturated carbocycles. The van der Waals surface area contributed by atoms with Crippen molar-refractivity contribution >= 4 is 29.8 Å². The Balaban J connectivity index is 3.71. The van der Waals surface area contributed by atoms with Crippen LogP contribution in [-0.4, -0.2) is 73.6 Å². The summed E-state index contributed by atoms with van der Waals surface area (Å²) in [6.45, 7) is 6.91. The number of ether oxygens (including phenoxy) is 6. The van der Waals surface area contributed by atoms with Gasteiger partial charge in [0, 0.05) is 27.7 Å². The highest BCUT2D eigenvalue weighted by Gasteiger charge is 2.61. The van der Waals surface area contributed by atoms with Gasteiger partial charge >= 0.3 is 29.8 Å². The Labute approximate surface area is 191 Å². The molecule has 1 heterocycles. The Morgan fingerprint density at radius 3 is 1.76 bits per heavy atom. The van der Waals surface area contributed by atoms with Gasteiger partial charge in [0.05, 0.1) is 12.7 Å². The number of hydrogen-bond acceptors (Lipinski definition) is 12. The van der Waals surface area contributed by atoms with Gasteiger partial charge in [0.1, 0.15) is 18.8 Å². The second-order valence-corrected chi connectivity index (χ2v) is 7.28. The van der Waals surface area contributed by atoms with Crippen LogP contribution in [0.25, 0.3) is 0 Å². The second-order valence-electron chi connectivity index (χ2n) is 7.28. The van der Waals surface area contributed by atoms with Crippen LogP contribution in [0.15, 0.2) is 0 Å². The molecule has 0 bridgehead atoms. The number of hydrogen-bond donors (Lipinski definition) is 0. The minimum absolute atomic E-state index is 0.0481. The fourth-order valence-electron chi connectivity index (χ4n) is 3.53. The topological polar surface area (TPSA) is 165 Å². The van der Waals surface area contributed by atoms with Crippen molar-refractivity contribution in [2.45, 2.75) is 78.5 Å². The molecule has 0 N–H and O–H groups in total. The third-order valence-electron chi connectivity index (χ3n) is 4.87. The molecule has 1 rings (SSSR count). The van der Waals surface area contributed by atoms with Crippen LogP contribution in [0.4, 0.5) is 0 Å². The minimum atomic E-state index is -2.00. The highest BCUT2D eigenvalue weighted by atomic mass is 16.7. The molecule has 0 unspecified atom stereocenters. The third kappa shape index (κ3) is 6.89. The molecule has 0 aromatic rings. The molecule has 0 aliphatic carbocycles. The molecule has 12 nitrogen and oxygen atoms in total. The SMILES string of the molecule is CCOC(=O)[C@@](C#N)(CC)[C@@H]1O[C@H](COC(C)=O)[C@@H](OC(C)=O)[C@H](OC(C)=O)[C@H]1OC(C)=O. The molecule has 0 amide bonds. The van der Waals surface area contributed by atoms with E-state index in [1.54, 1.807) is 6.92 Å². The molecule has 1 aliphatic heterocycles. The minimum Gasteiger partial charge on any atom is -0.465 e. The van der Waals surface area contributed by atoms with Crippen LogP contribution < -0.4 is 0 Å². The summed E-state index contributed by atoms with van der Waals surface area (Å²) < 4.78 is 32.0. The molecule has 184 valence electrons. The first-order chi connectivity index (χ1) is 15.4. The summed E-state index contributed by atoms with van der Waals surface area (Å²) in [5.41, 5.74) is -2.00. The summed E-state index contributed by atoms with van der Waals surface area (Å²) in [6, 6.07) is 1.89. The lowest BCUT2D eigenvalue weighted by atomic mass is 9.74. The molecule has 1 saturated heterocycles. The van der Waals surface area contributed by atoms with Crippen LogP contribution in [-0.2, 0) is 52.4 Å². The Morgan fingerprint density at radius 2 is 1.33 bits per heavy atom. The molecule has 6 atom stereocenters. The Kier molecular flexibility index (Phi) is 10.2. The Morgan fingerprint density at radius 1 is 0.818 bits per heavy atom. The van der Waals surface area contributed by atoms with Crippen molar-refractivity contribution in [3.8, 4) is 6.07 Å². The first kappa shape index (κ1) is 27.8. The van der Waals surface area contributed by atoms with Crippen LogP contribution in [0.1, 0.15) is 48.0 Å². The van der Waals surface area contributed by atoms with Crippen LogP contribution in [0.5, 0.6) is 0 Å². The zero-order valence-electron chi connectivity index (χ0n) is 19.4. The molecule has 1 fully saturated rings. The van der Waals surface area contributed by atoms with E-state index in [2.05, 4.69) is 0 Å². The van der Waals surface area contributed by atoms with Gasteiger partial charge in [-0.1, -0.05) is 6.92 Å². The molecule has 0 aromatic carbocycles. The standard InChI is InChI=1S/C21H29NO11/c1-7-21(10-22,20(27)28-8-2)19-18(32-14(6)26)17(31-13(5)25)16(30-12(4)24)15(33-19)9-29-11(3)23/h15-19H,7-9H2,1-6H3/t15-,16-,17+,18-,19-,21-/m1/s1. The average molecular weight is 471 g/mol. The highest BCUT2D eigenvalue weighted by molar-refractivity contribution is 5.81. The second kappa shape index (κ2) is 12.2. The van der Waals surface area contributed by atoms with Gasteiger partial charge in [-0.3, -0.25) is 24.0 Å². The van der Waals surface area contributed by atoms with Crippen molar-refractivity contribution in [3.63, 3.8) is 0 Å².